The number of nitrogens with zero attached hydrogens (tertiary/aromatic N) is 2. The minimum Gasteiger partial charge on any atom is -0.352 e. The van der Waals surface area contributed by atoms with E-state index in [-0.39, 0.29) is 55.8 Å². The van der Waals surface area contributed by atoms with Crippen LogP contribution in [0.15, 0.2) is 78.9 Å². The average Bonchev–Trinajstić information content (AvgIpc) is 2.93. The van der Waals surface area contributed by atoms with Crippen LogP contribution in [-0.4, -0.2) is 50.0 Å². The maximum Gasteiger partial charge on any atom is 0.243 e. The number of amides is 2. The van der Waals surface area contributed by atoms with Crippen molar-refractivity contribution in [3.8, 4) is 0 Å². The van der Waals surface area contributed by atoms with Crippen LogP contribution >= 0.6 is 11.6 Å². The van der Waals surface area contributed by atoms with Gasteiger partial charge in [-0.25, -0.2) is 12.8 Å². The number of rotatable bonds is 14. The summed E-state index contributed by atoms with van der Waals surface area (Å²) in [5, 5.41) is 3.37. The Labute approximate surface area is 247 Å². The fraction of sp³-hybridized carbons (Fsp3) is 0.355. The monoisotopic (exact) mass is 601 g/mol. The van der Waals surface area contributed by atoms with Crippen LogP contribution in [0.3, 0.4) is 0 Å². The Balaban J connectivity index is 1.90. The van der Waals surface area contributed by atoms with Gasteiger partial charge >= 0.3 is 0 Å². The van der Waals surface area contributed by atoms with E-state index in [9.17, 15) is 22.4 Å². The van der Waals surface area contributed by atoms with Crippen LogP contribution in [0.25, 0.3) is 0 Å². The summed E-state index contributed by atoms with van der Waals surface area (Å²) in [5.41, 5.74) is 1.53. The van der Waals surface area contributed by atoms with Gasteiger partial charge in [-0.05, 0) is 49.6 Å². The molecule has 0 aliphatic carbocycles. The quantitative estimate of drug-likeness (QED) is 0.261. The van der Waals surface area contributed by atoms with E-state index < -0.39 is 21.9 Å². The zero-order valence-electron chi connectivity index (χ0n) is 23.6. The summed E-state index contributed by atoms with van der Waals surface area (Å²) < 4.78 is 41.1. The van der Waals surface area contributed by atoms with Gasteiger partial charge in [-0.2, -0.15) is 0 Å². The molecule has 0 spiro atoms. The Bertz CT molecular complexity index is 1420. The molecule has 2 amide bonds. The fourth-order valence-electron chi connectivity index (χ4n) is 4.44. The number of carbonyl (C=O) groups excluding carboxylic acids is 2. The highest BCUT2D eigenvalue weighted by atomic mass is 35.5. The minimum atomic E-state index is -3.66. The van der Waals surface area contributed by atoms with Crippen LogP contribution in [0.2, 0.25) is 5.02 Å². The van der Waals surface area contributed by atoms with E-state index >= 15 is 0 Å². The SMILES string of the molecule is CC[C@H](C)NC(=O)[C@H](Cc1ccccc1)N(Cc1ccccc1F)C(=O)CCCN(c1cccc(Cl)c1)S(C)(=O)=O. The molecular formula is C31H37ClFN3O4S. The van der Waals surface area contributed by atoms with Crippen molar-refractivity contribution < 1.29 is 22.4 Å². The maximum atomic E-state index is 14.8. The lowest BCUT2D eigenvalue weighted by molar-refractivity contribution is -0.141. The van der Waals surface area contributed by atoms with E-state index in [4.69, 9.17) is 11.6 Å². The highest BCUT2D eigenvalue weighted by Crippen LogP contribution is 2.23. The number of halogens is 2. The summed E-state index contributed by atoms with van der Waals surface area (Å²) >= 11 is 6.08. The van der Waals surface area contributed by atoms with Gasteiger partial charge in [0.1, 0.15) is 11.9 Å². The van der Waals surface area contributed by atoms with E-state index in [1.807, 2.05) is 44.2 Å². The summed E-state index contributed by atoms with van der Waals surface area (Å²) in [6.07, 6.45) is 2.16. The number of hydrogen-bond donors (Lipinski definition) is 1. The van der Waals surface area contributed by atoms with Gasteiger partial charge in [0.25, 0.3) is 0 Å². The molecule has 0 fully saturated rings. The second-order valence-corrected chi connectivity index (χ2v) is 12.4. The Morgan fingerprint density at radius 1 is 1.00 bits per heavy atom. The molecule has 0 unspecified atom stereocenters. The zero-order chi connectivity index (χ0) is 30.0. The fourth-order valence-corrected chi connectivity index (χ4v) is 5.58. The molecule has 0 aliphatic heterocycles. The van der Waals surface area contributed by atoms with Crippen LogP contribution in [0.5, 0.6) is 0 Å². The maximum absolute atomic E-state index is 14.8. The van der Waals surface area contributed by atoms with E-state index in [0.29, 0.717) is 17.1 Å². The third kappa shape index (κ3) is 9.57. The largest absolute Gasteiger partial charge is 0.352 e. The van der Waals surface area contributed by atoms with Gasteiger partial charge in [0.15, 0.2) is 0 Å². The molecule has 0 aromatic heterocycles. The third-order valence-corrected chi connectivity index (χ3v) is 8.25. The predicted molar refractivity (Wildman–Crippen MR) is 162 cm³/mol. The van der Waals surface area contributed by atoms with Gasteiger partial charge in [-0.3, -0.25) is 13.9 Å². The first kappa shape index (κ1) is 32.1. The molecular weight excluding hydrogens is 565 g/mol. The van der Waals surface area contributed by atoms with Crippen molar-refractivity contribution in [1.82, 2.24) is 10.2 Å². The van der Waals surface area contributed by atoms with Crippen molar-refractivity contribution in [2.24, 2.45) is 0 Å². The zero-order valence-corrected chi connectivity index (χ0v) is 25.2. The normalized spacial score (nSPS) is 12.8. The standard InChI is InChI=1S/C31H37ClFN3O4S/c1-4-23(2)34-31(38)29(20-24-12-6-5-7-13-24)35(22-25-14-8-9-17-28(25)33)30(37)18-11-19-36(41(3,39)40)27-16-10-15-26(32)21-27/h5-10,12-17,21,23,29H,4,11,18-20,22H2,1-3H3,(H,34,38)/t23-,29-/m0/s1. The van der Waals surface area contributed by atoms with Crippen LogP contribution in [0.1, 0.15) is 44.2 Å². The number of nitrogens with one attached hydrogen (secondary N) is 1. The van der Waals surface area contributed by atoms with Gasteiger partial charge in [0.2, 0.25) is 21.8 Å². The smallest absolute Gasteiger partial charge is 0.243 e. The summed E-state index contributed by atoms with van der Waals surface area (Å²) in [4.78, 5) is 28.8. The van der Waals surface area contributed by atoms with Crippen molar-refractivity contribution in [2.45, 2.75) is 58.2 Å². The first-order valence-electron chi connectivity index (χ1n) is 13.6. The van der Waals surface area contributed by atoms with Crippen molar-refractivity contribution in [3.05, 3.63) is 101 Å². The molecule has 0 saturated heterocycles. The molecule has 3 rings (SSSR count). The summed E-state index contributed by atoms with van der Waals surface area (Å²) in [7, 11) is -3.66. The Morgan fingerprint density at radius 2 is 1.68 bits per heavy atom. The molecule has 10 heteroatoms. The molecule has 0 aliphatic rings. The minimum absolute atomic E-state index is 0.0286. The Kier molecular flexibility index (Phi) is 11.7. The lowest BCUT2D eigenvalue weighted by Gasteiger charge is -2.33. The number of hydrogen-bond acceptors (Lipinski definition) is 4. The first-order chi connectivity index (χ1) is 19.5. The molecule has 3 aromatic rings. The van der Waals surface area contributed by atoms with E-state index in [1.54, 1.807) is 42.5 Å². The molecule has 41 heavy (non-hydrogen) atoms. The number of benzene rings is 3. The second-order valence-electron chi connectivity index (χ2n) is 10.1. The van der Waals surface area contributed by atoms with Crippen molar-refractivity contribution in [1.29, 1.82) is 0 Å². The molecule has 0 radical (unpaired) electrons. The van der Waals surface area contributed by atoms with Crippen molar-refractivity contribution >= 4 is 39.1 Å². The summed E-state index contributed by atoms with van der Waals surface area (Å²) in [5.74, 6) is -1.19. The topological polar surface area (TPSA) is 86.8 Å². The summed E-state index contributed by atoms with van der Waals surface area (Å²) in [6, 6.07) is 21.0. The second kappa shape index (κ2) is 15.0. The van der Waals surface area contributed by atoms with Crippen molar-refractivity contribution in [3.63, 3.8) is 0 Å². The Hall–Kier alpha value is -3.43. The third-order valence-electron chi connectivity index (χ3n) is 6.82. The Morgan fingerprint density at radius 3 is 2.32 bits per heavy atom. The highest BCUT2D eigenvalue weighted by molar-refractivity contribution is 7.92. The molecule has 0 saturated carbocycles. The van der Waals surface area contributed by atoms with Crippen LogP contribution in [0, 0.1) is 5.82 Å². The van der Waals surface area contributed by atoms with Gasteiger partial charge in [-0.1, -0.05) is 73.1 Å². The molecule has 2 atom stereocenters. The molecule has 0 bridgehead atoms. The number of anilines is 1. The lowest BCUT2D eigenvalue weighted by atomic mass is 10.0. The number of carbonyl (C=O) groups is 2. The summed E-state index contributed by atoms with van der Waals surface area (Å²) in [6.45, 7) is 3.75. The predicted octanol–water partition coefficient (Wildman–Crippen LogP) is 5.58. The van der Waals surface area contributed by atoms with Crippen LogP contribution in [-0.2, 0) is 32.6 Å². The van der Waals surface area contributed by atoms with E-state index in [1.165, 1.54) is 15.3 Å². The van der Waals surface area contributed by atoms with E-state index in [0.717, 1.165) is 11.8 Å². The molecule has 1 N–H and O–H groups in total. The van der Waals surface area contributed by atoms with Gasteiger partial charge in [-0.15, -0.1) is 0 Å². The van der Waals surface area contributed by atoms with Crippen molar-refractivity contribution in [2.75, 3.05) is 17.1 Å². The van der Waals surface area contributed by atoms with Crippen LogP contribution < -0.4 is 9.62 Å². The number of sulfonamides is 1. The van der Waals surface area contributed by atoms with E-state index in [2.05, 4.69) is 5.32 Å². The molecule has 220 valence electrons. The molecule has 7 nitrogen and oxygen atoms in total. The van der Waals surface area contributed by atoms with Gasteiger partial charge < -0.3 is 10.2 Å². The highest BCUT2D eigenvalue weighted by Gasteiger charge is 2.31. The van der Waals surface area contributed by atoms with Gasteiger partial charge in [0.05, 0.1) is 11.9 Å². The lowest BCUT2D eigenvalue weighted by Crippen LogP contribution is -2.52. The molecule has 0 heterocycles. The average molecular weight is 602 g/mol. The van der Waals surface area contributed by atoms with Gasteiger partial charge in [0, 0.05) is 42.6 Å². The first-order valence-corrected chi connectivity index (χ1v) is 15.8. The molecule has 3 aromatic carbocycles. The van der Waals surface area contributed by atoms with Crippen LogP contribution in [0.4, 0.5) is 10.1 Å².